The maximum Gasteiger partial charge on any atom is 0.177 e. The lowest BCUT2D eigenvalue weighted by atomic mass is 10.1. The SMILES string of the molecule is CCCCC/C=C\CC(O)C#Cc1ccc(/C=C\CCCCO)o1. The molecule has 0 spiro atoms. The molecule has 1 unspecified atom stereocenters. The van der Waals surface area contributed by atoms with Gasteiger partial charge in [0.15, 0.2) is 5.76 Å². The highest BCUT2D eigenvalue weighted by atomic mass is 16.3. The summed E-state index contributed by atoms with van der Waals surface area (Å²) in [6.07, 6.45) is 15.4. The van der Waals surface area contributed by atoms with Crippen molar-refractivity contribution < 1.29 is 14.6 Å². The molecule has 0 amide bonds. The third kappa shape index (κ3) is 10.1. The molecule has 3 heteroatoms. The van der Waals surface area contributed by atoms with Crippen LogP contribution in [0, 0.1) is 11.8 Å². The highest BCUT2D eigenvalue weighted by Crippen LogP contribution is 2.10. The smallest absolute Gasteiger partial charge is 0.177 e. The molecule has 0 saturated heterocycles. The summed E-state index contributed by atoms with van der Waals surface area (Å²) in [7, 11) is 0. The predicted octanol–water partition coefficient (Wildman–Crippen LogP) is 4.69. The zero-order valence-electron chi connectivity index (χ0n) is 14.7. The van der Waals surface area contributed by atoms with Crippen LogP contribution in [0.25, 0.3) is 6.08 Å². The van der Waals surface area contributed by atoms with Crippen LogP contribution in [-0.4, -0.2) is 22.9 Å². The summed E-state index contributed by atoms with van der Waals surface area (Å²) in [5.41, 5.74) is 0. The van der Waals surface area contributed by atoms with Crippen LogP contribution in [0.4, 0.5) is 0 Å². The van der Waals surface area contributed by atoms with E-state index in [0.29, 0.717) is 12.2 Å². The topological polar surface area (TPSA) is 53.6 Å². The van der Waals surface area contributed by atoms with Crippen molar-refractivity contribution in [1.29, 1.82) is 0 Å². The van der Waals surface area contributed by atoms with Gasteiger partial charge in [0.25, 0.3) is 0 Å². The Labute approximate surface area is 146 Å². The quantitative estimate of drug-likeness (QED) is 0.351. The van der Waals surface area contributed by atoms with E-state index in [0.717, 1.165) is 31.4 Å². The second-order valence-corrected chi connectivity index (χ2v) is 5.81. The minimum absolute atomic E-state index is 0.241. The fraction of sp³-hybridized carbons (Fsp3) is 0.524. The Bertz CT molecular complexity index is 543. The summed E-state index contributed by atoms with van der Waals surface area (Å²) in [6.45, 7) is 2.43. The first-order valence-electron chi connectivity index (χ1n) is 8.98. The van der Waals surface area contributed by atoms with E-state index >= 15 is 0 Å². The first kappa shape index (κ1) is 20.3. The van der Waals surface area contributed by atoms with Gasteiger partial charge in [0.2, 0.25) is 0 Å². The molecule has 0 aromatic carbocycles. The van der Waals surface area contributed by atoms with Gasteiger partial charge in [-0.25, -0.2) is 0 Å². The molecule has 1 rings (SSSR count). The summed E-state index contributed by atoms with van der Waals surface area (Å²) in [5.74, 6) is 7.00. The number of hydrogen-bond donors (Lipinski definition) is 2. The highest BCUT2D eigenvalue weighted by Gasteiger charge is 1.98. The van der Waals surface area contributed by atoms with E-state index in [1.54, 1.807) is 0 Å². The van der Waals surface area contributed by atoms with Gasteiger partial charge in [-0.3, -0.25) is 0 Å². The third-order valence-corrected chi connectivity index (χ3v) is 3.55. The van der Waals surface area contributed by atoms with Crippen LogP contribution in [0.3, 0.4) is 0 Å². The molecule has 0 fully saturated rings. The third-order valence-electron chi connectivity index (χ3n) is 3.55. The summed E-state index contributed by atoms with van der Waals surface area (Å²) >= 11 is 0. The Morgan fingerprint density at radius 2 is 1.88 bits per heavy atom. The van der Waals surface area contributed by atoms with Crippen molar-refractivity contribution >= 4 is 6.08 Å². The van der Waals surface area contributed by atoms with Gasteiger partial charge in [-0.1, -0.05) is 43.9 Å². The maximum absolute atomic E-state index is 9.84. The minimum atomic E-state index is -0.657. The van der Waals surface area contributed by atoms with Crippen molar-refractivity contribution in [2.75, 3.05) is 6.61 Å². The average molecular weight is 330 g/mol. The van der Waals surface area contributed by atoms with E-state index in [9.17, 15) is 5.11 Å². The lowest BCUT2D eigenvalue weighted by Gasteiger charge is -1.97. The summed E-state index contributed by atoms with van der Waals surface area (Å²) < 4.78 is 5.57. The molecule has 0 radical (unpaired) electrons. The highest BCUT2D eigenvalue weighted by molar-refractivity contribution is 5.44. The number of furan rings is 1. The van der Waals surface area contributed by atoms with E-state index in [4.69, 9.17) is 9.52 Å². The van der Waals surface area contributed by atoms with Gasteiger partial charge in [-0.05, 0) is 56.2 Å². The summed E-state index contributed by atoms with van der Waals surface area (Å²) in [5, 5.41) is 18.6. The zero-order chi connectivity index (χ0) is 17.5. The molecule has 1 atom stereocenters. The van der Waals surface area contributed by atoms with Crippen LogP contribution in [0.15, 0.2) is 34.8 Å². The lowest BCUT2D eigenvalue weighted by molar-refractivity contribution is 0.236. The molecule has 1 aromatic heterocycles. The Morgan fingerprint density at radius 3 is 2.67 bits per heavy atom. The Hall–Kier alpha value is -1.76. The number of allylic oxidation sites excluding steroid dienone is 2. The first-order chi connectivity index (χ1) is 11.8. The average Bonchev–Trinajstić information content (AvgIpc) is 3.04. The molecule has 0 aliphatic carbocycles. The van der Waals surface area contributed by atoms with Crippen LogP contribution in [-0.2, 0) is 0 Å². The fourth-order valence-electron chi connectivity index (χ4n) is 2.15. The monoisotopic (exact) mass is 330 g/mol. The lowest BCUT2D eigenvalue weighted by Crippen LogP contribution is -1.99. The van der Waals surface area contributed by atoms with Crippen molar-refractivity contribution in [2.24, 2.45) is 0 Å². The number of aliphatic hydroxyl groups is 2. The molecule has 1 aromatic rings. The van der Waals surface area contributed by atoms with E-state index in [1.807, 2.05) is 30.4 Å². The molecule has 1 heterocycles. The standard InChI is InChI=1S/C21H30O3/c1-2-3-4-5-6-9-12-19(23)14-15-21-17-16-20(24-21)13-10-7-8-11-18-22/h6,9-10,13,16-17,19,22-23H,2-5,7-8,11-12,18H2,1H3/b9-6-,13-10-. The van der Waals surface area contributed by atoms with Crippen LogP contribution in [0.1, 0.15) is 69.8 Å². The molecule has 0 aliphatic rings. The fourth-order valence-corrected chi connectivity index (χ4v) is 2.15. The van der Waals surface area contributed by atoms with E-state index in [1.165, 1.54) is 19.3 Å². The molecule has 0 saturated carbocycles. The first-order valence-corrected chi connectivity index (χ1v) is 8.98. The number of rotatable bonds is 11. The second kappa shape index (κ2) is 13.7. The largest absolute Gasteiger partial charge is 0.448 e. The van der Waals surface area contributed by atoms with Crippen LogP contribution in [0.5, 0.6) is 0 Å². The van der Waals surface area contributed by atoms with Crippen molar-refractivity contribution in [1.82, 2.24) is 0 Å². The van der Waals surface area contributed by atoms with Crippen LogP contribution < -0.4 is 0 Å². The summed E-state index contributed by atoms with van der Waals surface area (Å²) in [4.78, 5) is 0. The van der Waals surface area contributed by atoms with Gasteiger partial charge in [0.1, 0.15) is 11.9 Å². The maximum atomic E-state index is 9.84. The second-order valence-electron chi connectivity index (χ2n) is 5.81. The van der Waals surface area contributed by atoms with Gasteiger partial charge in [0, 0.05) is 13.0 Å². The minimum Gasteiger partial charge on any atom is -0.448 e. The number of unbranched alkanes of at least 4 members (excludes halogenated alkanes) is 5. The molecular weight excluding hydrogens is 300 g/mol. The van der Waals surface area contributed by atoms with Crippen molar-refractivity contribution in [3.8, 4) is 11.8 Å². The van der Waals surface area contributed by atoms with Crippen molar-refractivity contribution in [2.45, 2.75) is 64.4 Å². The zero-order valence-corrected chi connectivity index (χ0v) is 14.7. The van der Waals surface area contributed by atoms with Gasteiger partial charge < -0.3 is 14.6 Å². The van der Waals surface area contributed by atoms with Crippen molar-refractivity contribution in [3.05, 3.63) is 41.9 Å². The molecule has 0 bridgehead atoms. The van der Waals surface area contributed by atoms with E-state index < -0.39 is 6.10 Å². The molecule has 0 aliphatic heterocycles. The van der Waals surface area contributed by atoms with Crippen LogP contribution in [0.2, 0.25) is 0 Å². The van der Waals surface area contributed by atoms with Gasteiger partial charge >= 0.3 is 0 Å². The van der Waals surface area contributed by atoms with Crippen molar-refractivity contribution in [3.63, 3.8) is 0 Å². The van der Waals surface area contributed by atoms with Gasteiger partial charge in [-0.2, -0.15) is 0 Å². The summed E-state index contributed by atoms with van der Waals surface area (Å²) in [6, 6.07) is 3.68. The number of hydrogen-bond acceptors (Lipinski definition) is 3. The molecule has 24 heavy (non-hydrogen) atoms. The van der Waals surface area contributed by atoms with E-state index in [2.05, 4.69) is 24.8 Å². The van der Waals surface area contributed by atoms with Gasteiger partial charge in [0.05, 0.1) is 0 Å². The Balaban J connectivity index is 2.32. The van der Waals surface area contributed by atoms with Crippen LogP contribution >= 0.6 is 0 Å². The Kier molecular flexibility index (Phi) is 11.5. The number of aliphatic hydroxyl groups excluding tert-OH is 2. The molecule has 132 valence electrons. The predicted molar refractivity (Wildman–Crippen MR) is 99.5 cm³/mol. The molecular formula is C21H30O3. The normalized spacial score (nSPS) is 12.6. The van der Waals surface area contributed by atoms with E-state index in [-0.39, 0.29) is 6.61 Å². The molecule has 2 N–H and O–H groups in total. The molecule has 3 nitrogen and oxygen atoms in total. The Morgan fingerprint density at radius 1 is 1.08 bits per heavy atom. The van der Waals surface area contributed by atoms with Gasteiger partial charge in [-0.15, -0.1) is 0 Å².